The number of amides is 2. The van der Waals surface area contributed by atoms with E-state index in [1.165, 1.54) is 19.1 Å². The summed E-state index contributed by atoms with van der Waals surface area (Å²) in [5.41, 5.74) is 1.06. The van der Waals surface area contributed by atoms with Crippen LogP contribution in [-0.4, -0.2) is 28.7 Å². The van der Waals surface area contributed by atoms with Gasteiger partial charge >= 0.3 is 12.5 Å². The van der Waals surface area contributed by atoms with Crippen LogP contribution in [0.5, 0.6) is 5.75 Å². The van der Waals surface area contributed by atoms with Gasteiger partial charge in [0, 0.05) is 39.8 Å². The van der Waals surface area contributed by atoms with Crippen LogP contribution in [0.25, 0.3) is 10.9 Å². The molecule has 1 aliphatic heterocycles. The van der Waals surface area contributed by atoms with E-state index in [0.29, 0.717) is 43.9 Å². The SMILES string of the molecule is Cc1c(C(=O)c2ccc(Cl)cc2)c2ccc(OC(F)(F)F)cc2n1Cc1cccc([C@@]2(C)OC(=O)NC2=O)c1. The second-order valence-electron chi connectivity index (χ2n) is 9.19. The van der Waals surface area contributed by atoms with E-state index in [1.54, 1.807) is 60.0 Å². The number of nitrogens with one attached hydrogen (secondary N) is 1. The minimum Gasteiger partial charge on any atom is -0.428 e. The Morgan fingerprint density at radius 3 is 2.44 bits per heavy atom. The maximum atomic E-state index is 13.5. The number of cyclic esters (lactones) is 1. The predicted molar refractivity (Wildman–Crippen MR) is 136 cm³/mol. The maximum Gasteiger partial charge on any atom is 0.573 e. The number of fused-ring (bicyclic) bond motifs is 1. The Labute approximate surface area is 225 Å². The standard InChI is InChI=1S/C28H20ClF3N2O5/c1-15-23(24(35)17-6-8-19(29)9-7-17)21-11-10-20(38-28(30,31)32)13-22(21)34(15)14-16-4-3-5-18(12-16)27(2)25(36)33-26(37)39-27/h3-13H,14H2,1-2H3,(H,33,36,37)/t27-/m1/s1. The van der Waals surface area contributed by atoms with Gasteiger partial charge in [0.2, 0.25) is 5.60 Å². The molecule has 1 atom stereocenters. The third-order valence-corrected chi connectivity index (χ3v) is 6.88. The zero-order valence-corrected chi connectivity index (χ0v) is 21.3. The van der Waals surface area contributed by atoms with Gasteiger partial charge in [0.15, 0.2) is 5.78 Å². The van der Waals surface area contributed by atoms with Crippen molar-refractivity contribution in [2.75, 3.05) is 0 Å². The highest BCUT2D eigenvalue weighted by atomic mass is 35.5. The molecule has 4 aromatic rings. The number of rotatable bonds is 6. The largest absolute Gasteiger partial charge is 0.573 e. The number of carbonyl (C=O) groups is 3. The second kappa shape index (κ2) is 9.46. The molecule has 3 aromatic carbocycles. The summed E-state index contributed by atoms with van der Waals surface area (Å²) in [6.45, 7) is 3.29. The van der Waals surface area contributed by atoms with Crippen molar-refractivity contribution in [1.29, 1.82) is 0 Å². The minimum atomic E-state index is -4.90. The molecule has 0 spiro atoms. The van der Waals surface area contributed by atoms with Gasteiger partial charge in [-0.15, -0.1) is 13.2 Å². The summed E-state index contributed by atoms with van der Waals surface area (Å²) in [5.74, 6) is -1.37. The summed E-state index contributed by atoms with van der Waals surface area (Å²) in [4.78, 5) is 37.6. The van der Waals surface area contributed by atoms with Crippen molar-refractivity contribution < 1.29 is 37.0 Å². The number of ether oxygens (including phenoxy) is 2. The van der Waals surface area contributed by atoms with Crippen molar-refractivity contribution in [1.82, 2.24) is 9.88 Å². The van der Waals surface area contributed by atoms with E-state index in [2.05, 4.69) is 10.1 Å². The lowest BCUT2D eigenvalue weighted by Crippen LogP contribution is -2.33. The molecule has 2 heterocycles. The van der Waals surface area contributed by atoms with E-state index in [9.17, 15) is 27.6 Å². The fourth-order valence-electron chi connectivity index (χ4n) is 4.70. The van der Waals surface area contributed by atoms with E-state index in [0.717, 1.165) is 6.07 Å². The second-order valence-corrected chi connectivity index (χ2v) is 9.62. The number of ketones is 1. The van der Waals surface area contributed by atoms with E-state index >= 15 is 0 Å². The first-order chi connectivity index (χ1) is 18.4. The van der Waals surface area contributed by atoms with E-state index in [4.69, 9.17) is 16.3 Å². The molecular weight excluding hydrogens is 537 g/mol. The Balaban J connectivity index is 1.62. The topological polar surface area (TPSA) is 86.6 Å². The average molecular weight is 557 g/mol. The van der Waals surface area contributed by atoms with Gasteiger partial charge < -0.3 is 14.0 Å². The van der Waals surface area contributed by atoms with Crippen molar-refractivity contribution >= 4 is 40.3 Å². The zero-order chi connectivity index (χ0) is 28.1. The summed E-state index contributed by atoms with van der Waals surface area (Å²) >= 11 is 5.97. The lowest BCUT2D eigenvalue weighted by Gasteiger charge is -2.20. The van der Waals surface area contributed by atoms with Crippen molar-refractivity contribution in [2.24, 2.45) is 0 Å². The highest BCUT2D eigenvalue weighted by Crippen LogP contribution is 2.35. The van der Waals surface area contributed by atoms with Crippen LogP contribution in [-0.2, 0) is 21.7 Å². The van der Waals surface area contributed by atoms with E-state index in [1.807, 2.05) is 0 Å². The molecule has 0 bridgehead atoms. The monoisotopic (exact) mass is 556 g/mol. The number of imide groups is 1. The normalized spacial score (nSPS) is 17.3. The van der Waals surface area contributed by atoms with Crippen LogP contribution >= 0.6 is 11.6 Å². The molecule has 7 nitrogen and oxygen atoms in total. The number of benzene rings is 3. The summed E-state index contributed by atoms with van der Waals surface area (Å²) < 4.78 is 50.0. The first-order valence-electron chi connectivity index (χ1n) is 11.7. The number of hydrogen-bond donors (Lipinski definition) is 1. The highest BCUT2D eigenvalue weighted by molar-refractivity contribution is 6.30. The van der Waals surface area contributed by atoms with Crippen molar-refractivity contribution in [2.45, 2.75) is 32.4 Å². The molecule has 11 heteroatoms. The minimum absolute atomic E-state index is 0.130. The van der Waals surface area contributed by atoms with Gasteiger partial charge in [-0.25, -0.2) is 4.79 Å². The third kappa shape index (κ3) is 4.95. The predicted octanol–water partition coefficient (Wildman–Crippen LogP) is 6.26. The first-order valence-corrected chi connectivity index (χ1v) is 12.1. The Morgan fingerprint density at radius 2 is 1.79 bits per heavy atom. The lowest BCUT2D eigenvalue weighted by atomic mass is 9.94. The third-order valence-electron chi connectivity index (χ3n) is 6.63. The van der Waals surface area contributed by atoms with Crippen LogP contribution in [0.15, 0.2) is 66.7 Å². The van der Waals surface area contributed by atoms with Gasteiger partial charge in [-0.2, -0.15) is 0 Å². The lowest BCUT2D eigenvalue weighted by molar-refractivity contribution is -0.274. The molecule has 1 fully saturated rings. The molecule has 0 aliphatic carbocycles. The number of alkyl carbamates (subject to hydrolysis) is 1. The number of alkyl halides is 3. The number of carbonyl (C=O) groups excluding carboxylic acids is 3. The van der Waals surface area contributed by atoms with Gasteiger partial charge in [0.05, 0.1) is 11.1 Å². The quantitative estimate of drug-likeness (QED) is 0.283. The summed E-state index contributed by atoms with van der Waals surface area (Å²) in [7, 11) is 0. The highest BCUT2D eigenvalue weighted by Gasteiger charge is 2.46. The molecule has 0 saturated carbocycles. The van der Waals surface area contributed by atoms with Crippen LogP contribution in [0, 0.1) is 6.92 Å². The Kier molecular flexibility index (Phi) is 6.38. The van der Waals surface area contributed by atoms with Crippen molar-refractivity contribution in [3.8, 4) is 5.75 Å². The molecule has 0 unspecified atom stereocenters. The summed E-state index contributed by atoms with van der Waals surface area (Å²) in [5, 5.41) is 3.00. The zero-order valence-electron chi connectivity index (χ0n) is 20.6. The van der Waals surface area contributed by atoms with Gasteiger partial charge in [-0.05, 0) is 61.9 Å². The molecular formula is C28H20ClF3N2O5. The van der Waals surface area contributed by atoms with E-state index < -0.39 is 29.7 Å². The molecule has 0 radical (unpaired) electrons. The maximum absolute atomic E-state index is 13.5. The van der Waals surface area contributed by atoms with Gasteiger partial charge in [-0.1, -0.05) is 29.8 Å². The smallest absolute Gasteiger partial charge is 0.428 e. The molecule has 200 valence electrons. The molecule has 39 heavy (non-hydrogen) atoms. The molecule has 1 aromatic heterocycles. The summed E-state index contributed by atoms with van der Waals surface area (Å²) in [6, 6.07) is 16.8. The molecule has 2 amide bonds. The Bertz CT molecular complexity index is 1650. The fraction of sp³-hybridized carbons (Fsp3) is 0.179. The van der Waals surface area contributed by atoms with Gasteiger partial charge in [-0.3, -0.25) is 14.9 Å². The molecule has 1 saturated heterocycles. The number of hydrogen-bond acceptors (Lipinski definition) is 5. The number of aromatic nitrogens is 1. The first kappa shape index (κ1) is 26.3. The van der Waals surface area contributed by atoms with Crippen LogP contribution in [0.4, 0.5) is 18.0 Å². The van der Waals surface area contributed by atoms with Gasteiger partial charge in [0.25, 0.3) is 5.91 Å². The Hall–Kier alpha value is -4.31. The molecule has 5 rings (SSSR count). The number of halogens is 4. The van der Waals surface area contributed by atoms with E-state index in [-0.39, 0.29) is 12.3 Å². The molecule has 1 N–H and O–H groups in total. The fourth-order valence-corrected chi connectivity index (χ4v) is 4.82. The van der Waals surface area contributed by atoms with Crippen LogP contribution in [0.3, 0.4) is 0 Å². The summed E-state index contributed by atoms with van der Waals surface area (Å²) in [6.07, 6.45) is -5.76. The molecule has 1 aliphatic rings. The Morgan fingerprint density at radius 1 is 1.08 bits per heavy atom. The van der Waals surface area contributed by atoms with Crippen molar-refractivity contribution in [3.05, 3.63) is 99.7 Å². The van der Waals surface area contributed by atoms with Crippen molar-refractivity contribution in [3.63, 3.8) is 0 Å². The van der Waals surface area contributed by atoms with Gasteiger partial charge in [0.1, 0.15) is 5.75 Å². The van der Waals surface area contributed by atoms with Crippen LogP contribution < -0.4 is 10.1 Å². The van der Waals surface area contributed by atoms with Crippen LogP contribution in [0.2, 0.25) is 5.02 Å². The van der Waals surface area contributed by atoms with Crippen LogP contribution in [0.1, 0.15) is 39.7 Å². The number of nitrogens with zero attached hydrogens (tertiary/aromatic N) is 1. The average Bonchev–Trinajstić information content (AvgIpc) is 3.29.